The standard InChI is InChI=1S/C19H18Br2N2O3/c1-3-25-17-9-13(10-22)8-16(21)19(17)26-11-18(24)23-12(2)14-6-4-5-7-15(14)20/h4-9,12H,3,11H2,1-2H3,(H,23,24). The van der Waals surface area contributed by atoms with Crippen molar-refractivity contribution in [2.75, 3.05) is 13.2 Å². The van der Waals surface area contributed by atoms with Gasteiger partial charge in [0.25, 0.3) is 5.91 Å². The molecule has 0 spiro atoms. The number of nitriles is 1. The first-order chi connectivity index (χ1) is 12.5. The van der Waals surface area contributed by atoms with Crippen molar-refractivity contribution >= 4 is 37.8 Å². The normalized spacial score (nSPS) is 11.3. The quantitative estimate of drug-likeness (QED) is 0.620. The number of amides is 1. The summed E-state index contributed by atoms with van der Waals surface area (Å²) in [7, 11) is 0. The lowest BCUT2D eigenvalue weighted by Gasteiger charge is -2.17. The number of carbonyl (C=O) groups excluding carboxylic acids is 1. The largest absolute Gasteiger partial charge is 0.490 e. The molecule has 2 aromatic rings. The predicted molar refractivity (Wildman–Crippen MR) is 106 cm³/mol. The Morgan fingerprint density at radius 1 is 1.23 bits per heavy atom. The van der Waals surface area contributed by atoms with Crippen LogP contribution >= 0.6 is 31.9 Å². The summed E-state index contributed by atoms with van der Waals surface area (Å²) in [4.78, 5) is 12.3. The summed E-state index contributed by atoms with van der Waals surface area (Å²) < 4.78 is 12.7. The molecule has 0 bridgehead atoms. The Bertz CT molecular complexity index is 834. The molecule has 1 N–H and O–H groups in total. The van der Waals surface area contributed by atoms with Crippen molar-refractivity contribution in [3.05, 3.63) is 56.5 Å². The van der Waals surface area contributed by atoms with Crippen molar-refractivity contribution in [3.63, 3.8) is 0 Å². The Kier molecular flexibility index (Phi) is 7.49. The van der Waals surface area contributed by atoms with Gasteiger partial charge in [-0.2, -0.15) is 5.26 Å². The molecule has 0 aliphatic heterocycles. The van der Waals surface area contributed by atoms with Crippen LogP contribution in [0, 0.1) is 11.3 Å². The third kappa shape index (κ3) is 5.23. The number of rotatable bonds is 7. The van der Waals surface area contributed by atoms with Crippen LogP contribution < -0.4 is 14.8 Å². The molecule has 2 aromatic carbocycles. The molecule has 0 aliphatic carbocycles. The van der Waals surface area contributed by atoms with Gasteiger partial charge in [0.15, 0.2) is 18.1 Å². The Hall–Kier alpha value is -2.04. The molecule has 0 radical (unpaired) electrons. The van der Waals surface area contributed by atoms with Crippen LogP contribution in [0.15, 0.2) is 45.3 Å². The van der Waals surface area contributed by atoms with Crippen LogP contribution in [0.25, 0.3) is 0 Å². The minimum atomic E-state index is -0.257. The number of ether oxygens (including phenoxy) is 2. The van der Waals surface area contributed by atoms with E-state index in [9.17, 15) is 4.79 Å². The van der Waals surface area contributed by atoms with Gasteiger partial charge < -0.3 is 14.8 Å². The Morgan fingerprint density at radius 2 is 1.96 bits per heavy atom. The zero-order valence-electron chi connectivity index (χ0n) is 14.4. The molecule has 0 heterocycles. The van der Waals surface area contributed by atoms with Crippen LogP contribution in [0.3, 0.4) is 0 Å². The van der Waals surface area contributed by atoms with Gasteiger partial charge >= 0.3 is 0 Å². The van der Waals surface area contributed by atoms with E-state index < -0.39 is 0 Å². The van der Waals surface area contributed by atoms with E-state index in [0.29, 0.717) is 28.1 Å². The molecular formula is C19H18Br2N2O3. The molecule has 0 fully saturated rings. The Balaban J connectivity index is 2.05. The zero-order valence-corrected chi connectivity index (χ0v) is 17.6. The average Bonchev–Trinajstić information content (AvgIpc) is 2.61. The monoisotopic (exact) mass is 480 g/mol. The second-order valence-corrected chi connectivity index (χ2v) is 7.14. The van der Waals surface area contributed by atoms with Crippen LogP contribution in [0.4, 0.5) is 0 Å². The number of benzene rings is 2. The van der Waals surface area contributed by atoms with E-state index in [4.69, 9.17) is 14.7 Å². The van der Waals surface area contributed by atoms with Crippen LogP contribution in [0.5, 0.6) is 11.5 Å². The van der Waals surface area contributed by atoms with Crippen molar-refractivity contribution in [2.45, 2.75) is 19.9 Å². The molecule has 2 rings (SSSR count). The molecule has 26 heavy (non-hydrogen) atoms. The second-order valence-electron chi connectivity index (χ2n) is 5.43. The summed E-state index contributed by atoms with van der Waals surface area (Å²) in [5.41, 5.74) is 1.43. The highest BCUT2D eigenvalue weighted by molar-refractivity contribution is 9.10. The van der Waals surface area contributed by atoms with Crippen LogP contribution in [-0.2, 0) is 4.79 Å². The van der Waals surface area contributed by atoms with Crippen molar-refractivity contribution < 1.29 is 14.3 Å². The van der Waals surface area contributed by atoms with Crippen molar-refractivity contribution in [1.29, 1.82) is 5.26 Å². The first kappa shape index (κ1) is 20.3. The summed E-state index contributed by atoms with van der Waals surface area (Å²) >= 11 is 6.84. The fourth-order valence-corrected chi connectivity index (χ4v) is 3.55. The lowest BCUT2D eigenvalue weighted by Crippen LogP contribution is -2.31. The Labute approximate surface area is 169 Å². The first-order valence-electron chi connectivity index (χ1n) is 7.99. The molecule has 0 aromatic heterocycles. The lowest BCUT2D eigenvalue weighted by molar-refractivity contribution is -0.123. The third-order valence-corrected chi connectivity index (χ3v) is 4.85. The van der Waals surface area contributed by atoms with Gasteiger partial charge in [-0.15, -0.1) is 0 Å². The molecule has 1 unspecified atom stereocenters. The predicted octanol–water partition coefficient (Wildman–Crippen LogP) is 4.74. The zero-order chi connectivity index (χ0) is 19.1. The van der Waals surface area contributed by atoms with Gasteiger partial charge in [-0.1, -0.05) is 34.1 Å². The maximum atomic E-state index is 12.3. The molecule has 7 heteroatoms. The van der Waals surface area contributed by atoms with Gasteiger partial charge in [0.05, 0.1) is 28.8 Å². The van der Waals surface area contributed by atoms with Gasteiger partial charge in [0, 0.05) is 10.5 Å². The highest BCUT2D eigenvalue weighted by Gasteiger charge is 2.16. The Morgan fingerprint density at radius 3 is 2.62 bits per heavy atom. The third-order valence-electron chi connectivity index (χ3n) is 3.54. The smallest absolute Gasteiger partial charge is 0.258 e. The minimum absolute atomic E-state index is 0.167. The minimum Gasteiger partial charge on any atom is -0.490 e. The number of nitrogens with one attached hydrogen (secondary N) is 1. The van der Waals surface area contributed by atoms with E-state index in [1.165, 1.54) is 0 Å². The van der Waals surface area contributed by atoms with Crippen molar-refractivity contribution in [1.82, 2.24) is 5.32 Å². The number of nitrogens with zero attached hydrogens (tertiary/aromatic N) is 1. The molecule has 1 atom stereocenters. The fourth-order valence-electron chi connectivity index (χ4n) is 2.36. The molecule has 0 saturated heterocycles. The second kappa shape index (κ2) is 9.60. The maximum absolute atomic E-state index is 12.3. The van der Waals surface area contributed by atoms with Gasteiger partial charge in [-0.25, -0.2) is 0 Å². The topological polar surface area (TPSA) is 71.3 Å². The van der Waals surface area contributed by atoms with E-state index in [1.54, 1.807) is 12.1 Å². The van der Waals surface area contributed by atoms with E-state index in [2.05, 4.69) is 43.2 Å². The number of hydrogen-bond donors (Lipinski definition) is 1. The highest BCUT2D eigenvalue weighted by atomic mass is 79.9. The SMILES string of the molecule is CCOc1cc(C#N)cc(Br)c1OCC(=O)NC(C)c1ccccc1Br. The number of carbonyl (C=O) groups is 1. The van der Waals surface area contributed by atoms with Gasteiger partial charge in [-0.3, -0.25) is 4.79 Å². The summed E-state index contributed by atoms with van der Waals surface area (Å²) in [6.45, 7) is 3.99. The van der Waals surface area contributed by atoms with Crippen molar-refractivity contribution in [3.8, 4) is 17.6 Å². The molecule has 0 saturated carbocycles. The van der Waals surface area contributed by atoms with E-state index >= 15 is 0 Å². The summed E-state index contributed by atoms with van der Waals surface area (Å²) in [6, 6.07) is 12.8. The molecule has 136 valence electrons. The maximum Gasteiger partial charge on any atom is 0.258 e. The van der Waals surface area contributed by atoms with E-state index in [1.807, 2.05) is 38.1 Å². The summed E-state index contributed by atoms with van der Waals surface area (Å²) in [5, 5.41) is 12.0. The average molecular weight is 482 g/mol. The summed E-state index contributed by atoms with van der Waals surface area (Å²) in [5.74, 6) is 0.562. The number of halogens is 2. The van der Waals surface area contributed by atoms with Crippen molar-refractivity contribution in [2.24, 2.45) is 0 Å². The van der Waals surface area contributed by atoms with Crippen LogP contribution in [0.1, 0.15) is 31.0 Å². The molecule has 5 nitrogen and oxygen atoms in total. The van der Waals surface area contributed by atoms with Gasteiger partial charge in [-0.05, 0) is 47.5 Å². The number of hydrogen-bond acceptors (Lipinski definition) is 4. The van der Waals surface area contributed by atoms with Gasteiger partial charge in [0.2, 0.25) is 0 Å². The van der Waals surface area contributed by atoms with Gasteiger partial charge in [0.1, 0.15) is 0 Å². The fraction of sp³-hybridized carbons (Fsp3) is 0.263. The molecule has 0 aliphatic rings. The first-order valence-corrected chi connectivity index (χ1v) is 9.57. The molecule has 1 amide bonds. The highest BCUT2D eigenvalue weighted by Crippen LogP contribution is 2.36. The molecular weight excluding hydrogens is 464 g/mol. The summed E-state index contributed by atoms with van der Waals surface area (Å²) in [6.07, 6.45) is 0. The van der Waals surface area contributed by atoms with Crippen LogP contribution in [-0.4, -0.2) is 19.1 Å². The van der Waals surface area contributed by atoms with E-state index in [0.717, 1.165) is 10.0 Å². The van der Waals surface area contributed by atoms with Crippen LogP contribution in [0.2, 0.25) is 0 Å². The lowest BCUT2D eigenvalue weighted by atomic mass is 10.1. The van der Waals surface area contributed by atoms with E-state index in [-0.39, 0.29) is 18.6 Å².